The molecule has 9 nitrogen and oxygen atoms in total. The van der Waals surface area contributed by atoms with Crippen molar-refractivity contribution in [1.29, 1.82) is 0 Å². The second kappa shape index (κ2) is 12.3. The molecule has 4 aliphatic heterocycles. The summed E-state index contributed by atoms with van der Waals surface area (Å²) in [4.78, 5) is 46.3. The van der Waals surface area contributed by atoms with Gasteiger partial charge in [0.15, 0.2) is 11.5 Å². The Bertz CT molecular complexity index is 1340. The maximum Gasteiger partial charge on any atom is 0.264 e. The van der Waals surface area contributed by atoms with Crippen LogP contribution < -0.4 is 19.7 Å². The zero-order valence-electron chi connectivity index (χ0n) is 24.8. The molecule has 2 aromatic carbocycles. The molecule has 0 radical (unpaired) electrons. The number of fused-ring (bicyclic) bond motifs is 6. The second-order valence-corrected chi connectivity index (χ2v) is 11.9. The predicted molar refractivity (Wildman–Crippen MR) is 160 cm³/mol. The van der Waals surface area contributed by atoms with Crippen molar-refractivity contribution in [3.05, 3.63) is 53.1 Å². The number of nitrogens with one attached hydrogen (secondary N) is 1. The highest BCUT2D eigenvalue weighted by Gasteiger charge is 2.49. The van der Waals surface area contributed by atoms with Crippen LogP contribution in [0.15, 0.2) is 36.4 Å². The van der Waals surface area contributed by atoms with Crippen LogP contribution in [0.25, 0.3) is 0 Å². The summed E-state index contributed by atoms with van der Waals surface area (Å²) in [6, 6.07) is 11.5. The Morgan fingerprint density at radius 2 is 1.76 bits per heavy atom. The van der Waals surface area contributed by atoms with Crippen molar-refractivity contribution in [2.24, 2.45) is 5.92 Å². The van der Waals surface area contributed by atoms with Gasteiger partial charge in [0.1, 0.15) is 6.17 Å². The molecule has 3 atom stereocenters. The van der Waals surface area contributed by atoms with Crippen LogP contribution in [-0.4, -0.2) is 74.0 Å². The summed E-state index contributed by atoms with van der Waals surface area (Å²) in [5.74, 6) is 1.25. The van der Waals surface area contributed by atoms with E-state index in [2.05, 4.69) is 10.2 Å². The number of hydrogen-bond acceptors (Lipinski definition) is 6. The summed E-state index contributed by atoms with van der Waals surface area (Å²) >= 11 is 0. The predicted octanol–water partition coefficient (Wildman–Crippen LogP) is 4.76. The van der Waals surface area contributed by atoms with Crippen LogP contribution in [0.2, 0.25) is 0 Å². The first-order valence-corrected chi connectivity index (χ1v) is 15.5. The molecule has 6 rings (SSSR count). The first-order valence-electron chi connectivity index (χ1n) is 15.5. The molecule has 224 valence electrons. The van der Waals surface area contributed by atoms with Crippen molar-refractivity contribution < 1.29 is 23.9 Å². The van der Waals surface area contributed by atoms with Gasteiger partial charge in [-0.15, -0.1) is 0 Å². The van der Waals surface area contributed by atoms with E-state index in [-0.39, 0.29) is 17.7 Å². The maximum atomic E-state index is 13.8. The minimum atomic E-state index is -0.548. The standard InChI is InChI=1S/C33H42N4O5/c1-41-27-17-16-24-29(30(27)42-2)33(40)37-26-14-6-5-12-23(26)32(39)36(31(24)37)20-8-3-4-15-28(38)34-21-22-11-10-19-35-18-9-7-13-25(22)35/h5-6,12,14,16-17,22,25,31H,3-4,7-11,13,15,18-21H2,1-2H3,(H,34,38)/t22-,25+,31?/m0/s1. The molecule has 1 N–H and O–H groups in total. The maximum absolute atomic E-state index is 13.8. The van der Waals surface area contributed by atoms with Crippen molar-refractivity contribution in [1.82, 2.24) is 15.1 Å². The average molecular weight is 575 g/mol. The molecule has 0 bridgehead atoms. The van der Waals surface area contributed by atoms with Gasteiger partial charge in [0.2, 0.25) is 5.91 Å². The number of benzene rings is 2. The van der Waals surface area contributed by atoms with Crippen LogP contribution >= 0.6 is 0 Å². The van der Waals surface area contributed by atoms with E-state index in [0.717, 1.165) is 31.4 Å². The van der Waals surface area contributed by atoms with E-state index in [0.29, 0.717) is 53.2 Å². The van der Waals surface area contributed by atoms with Crippen molar-refractivity contribution in [2.75, 3.05) is 45.3 Å². The normalized spacial score (nSPS) is 23.1. The molecule has 2 saturated heterocycles. The third kappa shape index (κ3) is 5.12. The lowest BCUT2D eigenvalue weighted by Gasteiger charge is -2.44. The number of anilines is 1. The summed E-state index contributed by atoms with van der Waals surface area (Å²) in [6.45, 7) is 3.68. The van der Waals surface area contributed by atoms with E-state index in [1.165, 1.54) is 52.3 Å². The molecule has 0 aromatic heterocycles. The quantitative estimate of drug-likeness (QED) is 0.412. The largest absolute Gasteiger partial charge is 0.493 e. The first-order chi connectivity index (χ1) is 20.5. The minimum Gasteiger partial charge on any atom is -0.493 e. The topological polar surface area (TPSA) is 91.4 Å². The zero-order chi connectivity index (χ0) is 29.2. The smallest absolute Gasteiger partial charge is 0.264 e. The van der Waals surface area contributed by atoms with Gasteiger partial charge in [-0.3, -0.25) is 19.3 Å². The molecule has 4 heterocycles. The number of piperidine rings is 2. The van der Waals surface area contributed by atoms with E-state index >= 15 is 0 Å². The zero-order valence-corrected chi connectivity index (χ0v) is 24.8. The number of carbonyl (C=O) groups excluding carboxylic acids is 3. The van der Waals surface area contributed by atoms with Gasteiger partial charge in [-0.25, -0.2) is 0 Å². The number of methoxy groups -OCH3 is 2. The molecule has 9 heteroatoms. The first kappa shape index (κ1) is 28.5. The molecule has 2 fully saturated rings. The van der Waals surface area contributed by atoms with Crippen LogP contribution in [-0.2, 0) is 4.79 Å². The molecule has 3 amide bonds. The summed E-state index contributed by atoms with van der Waals surface area (Å²) in [6.07, 6.45) is 8.56. The van der Waals surface area contributed by atoms with E-state index in [9.17, 15) is 14.4 Å². The Morgan fingerprint density at radius 1 is 0.929 bits per heavy atom. The molecule has 1 unspecified atom stereocenters. The molecule has 4 aliphatic rings. The van der Waals surface area contributed by atoms with Crippen molar-refractivity contribution >= 4 is 23.4 Å². The molecule has 0 aliphatic carbocycles. The lowest BCUT2D eigenvalue weighted by atomic mass is 9.83. The average Bonchev–Trinajstić information content (AvgIpc) is 3.32. The highest BCUT2D eigenvalue weighted by atomic mass is 16.5. The van der Waals surface area contributed by atoms with E-state index in [1.54, 1.807) is 29.0 Å². The lowest BCUT2D eigenvalue weighted by molar-refractivity contribution is -0.121. The number of para-hydroxylation sites is 1. The van der Waals surface area contributed by atoms with Crippen LogP contribution in [0.5, 0.6) is 11.5 Å². The number of unbranched alkanes of at least 4 members (excludes halogenated alkanes) is 2. The Balaban J connectivity index is 1.08. The highest BCUT2D eigenvalue weighted by molar-refractivity contribution is 6.18. The third-order valence-electron chi connectivity index (χ3n) is 9.58. The number of nitrogens with zero attached hydrogens (tertiary/aromatic N) is 3. The highest BCUT2D eigenvalue weighted by Crippen LogP contribution is 2.49. The van der Waals surface area contributed by atoms with Crippen molar-refractivity contribution in [2.45, 2.75) is 70.0 Å². The van der Waals surface area contributed by atoms with Gasteiger partial charge in [-0.05, 0) is 75.7 Å². The SMILES string of the molecule is COc1ccc2c(c1OC)C(=O)N1c3ccccc3C(=O)N(CCCCCC(=O)NC[C@@H]3CCCN4CCCC[C@H]34)C21. The van der Waals surface area contributed by atoms with Crippen molar-refractivity contribution in [3.8, 4) is 11.5 Å². The monoisotopic (exact) mass is 574 g/mol. The molecule has 2 aromatic rings. The van der Waals surface area contributed by atoms with Crippen LogP contribution in [0, 0.1) is 5.92 Å². The minimum absolute atomic E-state index is 0.0933. The molecule has 0 spiro atoms. The Hall–Kier alpha value is -3.59. The fraction of sp³-hybridized carbons (Fsp3) is 0.545. The lowest BCUT2D eigenvalue weighted by Crippen LogP contribution is -2.50. The van der Waals surface area contributed by atoms with Crippen LogP contribution in [0.3, 0.4) is 0 Å². The number of ether oxygens (including phenoxy) is 2. The summed E-state index contributed by atoms with van der Waals surface area (Å²) < 4.78 is 11.1. The summed E-state index contributed by atoms with van der Waals surface area (Å²) in [7, 11) is 3.07. The van der Waals surface area contributed by atoms with Gasteiger partial charge in [0.25, 0.3) is 11.8 Å². The number of hydrogen-bond donors (Lipinski definition) is 1. The van der Waals surface area contributed by atoms with Gasteiger partial charge in [-0.1, -0.05) is 31.0 Å². The Labute approximate surface area is 248 Å². The van der Waals surface area contributed by atoms with Crippen LogP contribution in [0.1, 0.15) is 90.2 Å². The van der Waals surface area contributed by atoms with E-state index in [1.807, 2.05) is 24.3 Å². The summed E-state index contributed by atoms with van der Waals surface area (Å²) in [5, 5.41) is 3.21. The molecular formula is C33H42N4O5. The number of rotatable bonds is 10. The van der Waals surface area contributed by atoms with Gasteiger partial charge in [0, 0.05) is 31.1 Å². The van der Waals surface area contributed by atoms with Gasteiger partial charge < -0.3 is 24.6 Å². The fourth-order valence-electron chi connectivity index (χ4n) is 7.54. The fourth-order valence-corrected chi connectivity index (χ4v) is 7.54. The van der Waals surface area contributed by atoms with Gasteiger partial charge in [0.05, 0.1) is 31.0 Å². The molecule has 0 saturated carbocycles. The number of amides is 3. The molecular weight excluding hydrogens is 532 g/mol. The Morgan fingerprint density at radius 3 is 2.60 bits per heavy atom. The number of carbonyl (C=O) groups is 3. The third-order valence-corrected chi connectivity index (χ3v) is 9.58. The van der Waals surface area contributed by atoms with Gasteiger partial charge >= 0.3 is 0 Å². The van der Waals surface area contributed by atoms with Crippen LogP contribution in [0.4, 0.5) is 5.69 Å². The van der Waals surface area contributed by atoms with Crippen molar-refractivity contribution in [3.63, 3.8) is 0 Å². The second-order valence-electron chi connectivity index (χ2n) is 11.9. The Kier molecular flexibility index (Phi) is 8.38. The van der Waals surface area contributed by atoms with E-state index in [4.69, 9.17) is 9.47 Å². The van der Waals surface area contributed by atoms with Gasteiger partial charge in [-0.2, -0.15) is 0 Å². The molecule has 42 heavy (non-hydrogen) atoms. The van der Waals surface area contributed by atoms with E-state index < -0.39 is 6.17 Å². The summed E-state index contributed by atoms with van der Waals surface area (Å²) in [5.41, 5.74) is 2.29.